The third-order valence-electron chi connectivity index (χ3n) is 4.98. The number of aromatic nitrogens is 3. The lowest BCUT2D eigenvalue weighted by Crippen LogP contribution is -2.37. The number of amides is 1. The average Bonchev–Trinajstić information content (AvgIpc) is 3.47. The van der Waals surface area contributed by atoms with Gasteiger partial charge in [0.05, 0.1) is 7.11 Å². The van der Waals surface area contributed by atoms with E-state index >= 15 is 0 Å². The number of nitrogens with zero attached hydrogens (tertiary/aromatic N) is 3. The molecule has 1 amide bonds. The number of ether oxygens (including phenoxy) is 1. The molecule has 8 heteroatoms. The lowest BCUT2D eigenvalue weighted by Gasteiger charge is -2.27. The first-order valence-corrected chi connectivity index (χ1v) is 10.2. The van der Waals surface area contributed by atoms with E-state index in [0.717, 1.165) is 16.9 Å². The standard InChI is InChI=1S/C24H24N4O4/c1-24(2,3)20(23-26-21(28-32-23)16-8-6-5-7-9-16)25-22(29)18-14-19(31-27-18)15-10-12-17(30-4)13-11-15/h5-14,20H,1-4H3,(H,25,29). The van der Waals surface area contributed by atoms with Crippen LogP contribution in [-0.4, -0.2) is 28.3 Å². The number of carbonyl (C=O) groups is 1. The molecule has 0 bridgehead atoms. The smallest absolute Gasteiger partial charge is 0.274 e. The maximum atomic E-state index is 13.0. The molecule has 164 valence electrons. The van der Waals surface area contributed by atoms with E-state index in [2.05, 4.69) is 20.6 Å². The van der Waals surface area contributed by atoms with E-state index in [9.17, 15) is 4.79 Å². The lowest BCUT2D eigenvalue weighted by molar-refractivity contribution is 0.0871. The molecule has 4 aromatic rings. The SMILES string of the molecule is COc1ccc(-c2cc(C(=O)NC(c3nc(-c4ccccc4)no3)C(C)(C)C)no2)cc1. The Kier molecular flexibility index (Phi) is 5.77. The van der Waals surface area contributed by atoms with Crippen LogP contribution in [0, 0.1) is 5.41 Å². The van der Waals surface area contributed by atoms with E-state index in [1.165, 1.54) is 0 Å². The molecule has 0 aliphatic heterocycles. The maximum Gasteiger partial charge on any atom is 0.274 e. The second-order valence-corrected chi connectivity index (χ2v) is 8.40. The number of nitrogens with one attached hydrogen (secondary N) is 1. The summed E-state index contributed by atoms with van der Waals surface area (Å²) in [6.07, 6.45) is 0. The molecular formula is C24H24N4O4. The van der Waals surface area contributed by atoms with Crippen LogP contribution < -0.4 is 10.1 Å². The summed E-state index contributed by atoms with van der Waals surface area (Å²) in [5.74, 6) is 1.60. The third kappa shape index (κ3) is 4.54. The van der Waals surface area contributed by atoms with Crippen LogP contribution in [0.1, 0.15) is 43.2 Å². The zero-order valence-electron chi connectivity index (χ0n) is 18.3. The number of hydrogen-bond donors (Lipinski definition) is 1. The van der Waals surface area contributed by atoms with Crippen molar-refractivity contribution in [2.75, 3.05) is 7.11 Å². The van der Waals surface area contributed by atoms with E-state index in [1.807, 2.05) is 75.4 Å². The van der Waals surface area contributed by atoms with E-state index in [1.54, 1.807) is 13.2 Å². The topological polar surface area (TPSA) is 103 Å². The Bertz CT molecular complexity index is 1190. The van der Waals surface area contributed by atoms with Gasteiger partial charge in [0, 0.05) is 17.2 Å². The zero-order valence-corrected chi connectivity index (χ0v) is 18.3. The van der Waals surface area contributed by atoms with Gasteiger partial charge in [-0.05, 0) is 29.7 Å². The van der Waals surface area contributed by atoms with Gasteiger partial charge in [-0.25, -0.2) is 0 Å². The summed E-state index contributed by atoms with van der Waals surface area (Å²) in [6.45, 7) is 5.95. The van der Waals surface area contributed by atoms with Gasteiger partial charge < -0.3 is 19.1 Å². The molecule has 0 spiro atoms. The Hall–Kier alpha value is -3.94. The minimum atomic E-state index is -0.527. The molecule has 32 heavy (non-hydrogen) atoms. The van der Waals surface area contributed by atoms with Crippen molar-refractivity contribution in [1.29, 1.82) is 0 Å². The highest BCUT2D eigenvalue weighted by molar-refractivity contribution is 5.93. The van der Waals surface area contributed by atoms with Crippen LogP contribution in [0.4, 0.5) is 0 Å². The molecule has 1 unspecified atom stereocenters. The molecule has 1 N–H and O–H groups in total. The fourth-order valence-corrected chi connectivity index (χ4v) is 3.18. The number of methoxy groups -OCH3 is 1. The number of carbonyl (C=O) groups excluding carboxylic acids is 1. The van der Waals surface area contributed by atoms with E-state index in [0.29, 0.717) is 17.5 Å². The van der Waals surface area contributed by atoms with E-state index in [4.69, 9.17) is 13.8 Å². The van der Waals surface area contributed by atoms with E-state index < -0.39 is 17.4 Å². The molecule has 2 aromatic carbocycles. The molecule has 1 atom stereocenters. The molecule has 0 aliphatic carbocycles. The van der Waals surface area contributed by atoms with E-state index in [-0.39, 0.29) is 5.69 Å². The Morgan fingerprint density at radius 3 is 2.34 bits per heavy atom. The van der Waals surface area contributed by atoms with Gasteiger partial charge in [0.15, 0.2) is 11.5 Å². The molecule has 0 aliphatic rings. The molecule has 0 radical (unpaired) electrons. The number of hydrogen-bond acceptors (Lipinski definition) is 7. The molecule has 8 nitrogen and oxygen atoms in total. The van der Waals surface area contributed by atoms with Gasteiger partial charge in [-0.1, -0.05) is 61.4 Å². The lowest BCUT2D eigenvalue weighted by atomic mass is 9.86. The van der Waals surface area contributed by atoms with Crippen LogP contribution in [-0.2, 0) is 0 Å². The van der Waals surface area contributed by atoms with Crippen LogP contribution in [0.2, 0.25) is 0 Å². The Morgan fingerprint density at radius 1 is 0.969 bits per heavy atom. The molecule has 2 heterocycles. The second-order valence-electron chi connectivity index (χ2n) is 8.40. The van der Waals surface area contributed by atoms with Crippen molar-refractivity contribution >= 4 is 5.91 Å². The normalized spacial score (nSPS) is 12.4. The van der Waals surface area contributed by atoms with Gasteiger partial charge in [0.1, 0.15) is 11.8 Å². The van der Waals surface area contributed by atoms with Crippen molar-refractivity contribution < 1.29 is 18.6 Å². The van der Waals surface area contributed by atoms with Crippen LogP contribution in [0.15, 0.2) is 69.7 Å². The van der Waals surface area contributed by atoms with Crippen LogP contribution >= 0.6 is 0 Å². The highest BCUT2D eigenvalue weighted by atomic mass is 16.5. The Morgan fingerprint density at radius 2 is 1.69 bits per heavy atom. The van der Waals surface area contributed by atoms with Crippen molar-refractivity contribution in [3.63, 3.8) is 0 Å². The van der Waals surface area contributed by atoms with Crippen LogP contribution in [0.25, 0.3) is 22.7 Å². The summed E-state index contributed by atoms with van der Waals surface area (Å²) in [5, 5.41) is 11.0. The fraction of sp³-hybridized carbons (Fsp3) is 0.250. The van der Waals surface area contributed by atoms with Crippen LogP contribution in [0.3, 0.4) is 0 Å². The monoisotopic (exact) mass is 432 g/mol. The first-order chi connectivity index (χ1) is 15.3. The minimum Gasteiger partial charge on any atom is -0.497 e. The molecule has 2 aromatic heterocycles. The van der Waals surface area contributed by atoms with Crippen molar-refractivity contribution in [2.45, 2.75) is 26.8 Å². The molecule has 4 rings (SSSR count). The average molecular weight is 432 g/mol. The summed E-state index contributed by atoms with van der Waals surface area (Å²) in [6, 6.07) is 17.9. The summed E-state index contributed by atoms with van der Waals surface area (Å²) in [4.78, 5) is 17.5. The van der Waals surface area contributed by atoms with Crippen LogP contribution in [0.5, 0.6) is 5.75 Å². The first-order valence-electron chi connectivity index (χ1n) is 10.2. The van der Waals surface area contributed by atoms with Gasteiger partial charge in [-0.3, -0.25) is 4.79 Å². The summed E-state index contributed by atoms with van der Waals surface area (Å²) in [7, 11) is 1.60. The molecule has 0 fully saturated rings. The van der Waals surface area contributed by atoms with Gasteiger partial charge in [0.2, 0.25) is 11.7 Å². The summed E-state index contributed by atoms with van der Waals surface area (Å²) < 4.78 is 16.1. The second kappa shape index (κ2) is 8.66. The third-order valence-corrected chi connectivity index (χ3v) is 4.98. The number of rotatable bonds is 6. The molecule has 0 saturated heterocycles. The highest BCUT2D eigenvalue weighted by Gasteiger charge is 2.34. The van der Waals surface area contributed by atoms with Crippen molar-refractivity contribution in [1.82, 2.24) is 20.6 Å². The Balaban J connectivity index is 1.54. The van der Waals surface area contributed by atoms with Gasteiger partial charge in [0.25, 0.3) is 5.91 Å². The maximum absolute atomic E-state index is 13.0. The van der Waals surface area contributed by atoms with Gasteiger partial charge in [-0.2, -0.15) is 4.98 Å². The molecule has 0 saturated carbocycles. The number of benzene rings is 2. The van der Waals surface area contributed by atoms with Gasteiger partial charge >= 0.3 is 0 Å². The quantitative estimate of drug-likeness (QED) is 0.461. The highest BCUT2D eigenvalue weighted by Crippen LogP contribution is 2.33. The molecular weight excluding hydrogens is 408 g/mol. The summed E-state index contributed by atoms with van der Waals surface area (Å²) in [5.41, 5.74) is 1.39. The minimum absolute atomic E-state index is 0.160. The summed E-state index contributed by atoms with van der Waals surface area (Å²) >= 11 is 0. The predicted molar refractivity (Wildman–Crippen MR) is 118 cm³/mol. The van der Waals surface area contributed by atoms with Crippen molar-refractivity contribution in [2.24, 2.45) is 5.41 Å². The van der Waals surface area contributed by atoms with Crippen molar-refractivity contribution in [3.05, 3.63) is 72.2 Å². The van der Waals surface area contributed by atoms with Gasteiger partial charge in [-0.15, -0.1) is 0 Å². The predicted octanol–water partition coefficient (Wildman–Crippen LogP) is 4.92. The first kappa shape index (κ1) is 21.3. The zero-order chi connectivity index (χ0) is 22.7. The Labute approximate surface area is 185 Å². The largest absolute Gasteiger partial charge is 0.497 e. The fourth-order valence-electron chi connectivity index (χ4n) is 3.18. The van der Waals surface area contributed by atoms with Crippen molar-refractivity contribution in [3.8, 4) is 28.5 Å².